The summed E-state index contributed by atoms with van der Waals surface area (Å²) in [6.45, 7) is 1.61. The molecule has 2 aromatic heterocycles. The number of aryl methyl sites for hydroxylation is 1. The van der Waals surface area contributed by atoms with Crippen LogP contribution in [-0.2, 0) is 17.1 Å². The third-order valence-corrected chi connectivity index (χ3v) is 5.24. The first kappa shape index (κ1) is 20.1. The van der Waals surface area contributed by atoms with Gasteiger partial charge in [-0.25, -0.2) is 4.79 Å². The minimum absolute atomic E-state index is 0.138. The lowest BCUT2D eigenvalue weighted by Gasteiger charge is -2.07. The Labute approximate surface area is 180 Å². The van der Waals surface area contributed by atoms with Crippen LogP contribution in [0.1, 0.15) is 28.0 Å². The van der Waals surface area contributed by atoms with E-state index in [1.165, 1.54) is 11.8 Å². The molecule has 0 saturated heterocycles. The molecule has 0 unspecified atom stereocenters. The number of carbonyl (C=O) groups excluding carboxylic acids is 1. The van der Waals surface area contributed by atoms with Crippen LogP contribution in [0.15, 0.2) is 62.5 Å². The molecule has 2 heterocycles. The molecule has 0 aliphatic heterocycles. The monoisotopic (exact) mass is 442 g/mol. The number of aromatic nitrogens is 4. The van der Waals surface area contributed by atoms with Gasteiger partial charge in [0, 0.05) is 15.5 Å². The molecule has 8 nitrogen and oxygen atoms in total. The highest BCUT2D eigenvalue weighted by Crippen LogP contribution is 2.26. The van der Waals surface area contributed by atoms with Gasteiger partial charge in [-0.3, -0.25) is 0 Å². The smallest absolute Gasteiger partial charge is 0.339 e. The van der Waals surface area contributed by atoms with Crippen LogP contribution >= 0.6 is 23.4 Å². The van der Waals surface area contributed by atoms with Gasteiger partial charge >= 0.3 is 5.97 Å². The maximum atomic E-state index is 12.6. The standard InChI is InChI=1S/C20H15ClN4O4S/c1-12-22-18(29-24-12)11-30-16-5-3-2-4-15(16)20(26)27-10-17-23-19(25-28-17)13-6-8-14(21)9-7-13/h2-9H,10-11H2,1H3. The van der Waals surface area contributed by atoms with Gasteiger partial charge in [0.25, 0.3) is 5.89 Å². The van der Waals surface area contributed by atoms with Crippen molar-refractivity contribution in [2.75, 3.05) is 0 Å². The molecule has 30 heavy (non-hydrogen) atoms. The van der Waals surface area contributed by atoms with Gasteiger partial charge in [0.2, 0.25) is 11.7 Å². The molecule has 10 heteroatoms. The number of benzene rings is 2. The Bertz CT molecular complexity index is 1160. The second kappa shape index (κ2) is 9.10. The highest BCUT2D eigenvalue weighted by molar-refractivity contribution is 7.98. The second-order valence-corrected chi connectivity index (χ2v) is 7.57. The van der Waals surface area contributed by atoms with E-state index in [0.29, 0.717) is 33.9 Å². The summed E-state index contributed by atoms with van der Waals surface area (Å²) in [5.74, 6) is 1.59. The maximum Gasteiger partial charge on any atom is 0.339 e. The van der Waals surface area contributed by atoms with Crippen molar-refractivity contribution in [3.63, 3.8) is 0 Å². The van der Waals surface area contributed by atoms with Crippen LogP contribution in [0.4, 0.5) is 0 Å². The van der Waals surface area contributed by atoms with E-state index < -0.39 is 5.97 Å². The molecule has 0 amide bonds. The first-order valence-electron chi connectivity index (χ1n) is 8.85. The van der Waals surface area contributed by atoms with Crippen LogP contribution < -0.4 is 0 Å². The van der Waals surface area contributed by atoms with Crippen molar-refractivity contribution < 1.29 is 18.6 Å². The molecule has 0 radical (unpaired) electrons. The number of thioether (sulfide) groups is 1. The summed E-state index contributed by atoms with van der Waals surface area (Å²) in [5.41, 5.74) is 1.18. The Balaban J connectivity index is 1.39. The minimum Gasteiger partial charge on any atom is -0.452 e. The zero-order valence-corrected chi connectivity index (χ0v) is 17.3. The summed E-state index contributed by atoms with van der Waals surface area (Å²) in [6, 6.07) is 14.2. The molecule has 4 rings (SSSR count). The van der Waals surface area contributed by atoms with E-state index in [1.807, 2.05) is 12.1 Å². The van der Waals surface area contributed by atoms with E-state index in [2.05, 4.69) is 20.3 Å². The lowest BCUT2D eigenvalue weighted by Crippen LogP contribution is -2.07. The molecule has 4 aromatic rings. The summed E-state index contributed by atoms with van der Waals surface area (Å²) in [6.07, 6.45) is 0. The predicted octanol–water partition coefficient (Wildman–Crippen LogP) is 4.73. The lowest BCUT2D eigenvalue weighted by molar-refractivity contribution is 0.0425. The number of halogens is 1. The fourth-order valence-corrected chi connectivity index (χ4v) is 3.54. The van der Waals surface area contributed by atoms with Crippen molar-refractivity contribution in [1.29, 1.82) is 0 Å². The highest BCUT2D eigenvalue weighted by atomic mass is 35.5. The average molecular weight is 443 g/mol. The third-order valence-electron chi connectivity index (χ3n) is 3.93. The summed E-state index contributed by atoms with van der Waals surface area (Å²) < 4.78 is 15.6. The van der Waals surface area contributed by atoms with Crippen LogP contribution in [-0.4, -0.2) is 26.3 Å². The summed E-state index contributed by atoms with van der Waals surface area (Å²) >= 11 is 7.29. The normalized spacial score (nSPS) is 10.9. The summed E-state index contributed by atoms with van der Waals surface area (Å²) in [4.78, 5) is 21.7. The van der Waals surface area contributed by atoms with Crippen LogP contribution in [0.2, 0.25) is 5.02 Å². The fourth-order valence-electron chi connectivity index (χ4n) is 2.53. The van der Waals surface area contributed by atoms with Crippen molar-refractivity contribution in [3.05, 3.63) is 76.7 Å². The number of ether oxygens (including phenoxy) is 1. The van der Waals surface area contributed by atoms with E-state index >= 15 is 0 Å². The van der Waals surface area contributed by atoms with Crippen molar-refractivity contribution in [3.8, 4) is 11.4 Å². The molecule has 0 aliphatic rings. The SMILES string of the molecule is Cc1noc(CSc2ccccc2C(=O)OCc2nc(-c3ccc(Cl)cc3)no2)n1. The van der Waals surface area contributed by atoms with Crippen LogP contribution in [0.5, 0.6) is 0 Å². The quantitative estimate of drug-likeness (QED) is 0.296. The molecular formula is C20H15ClN4O4S. The Morgan fingerprint density at radius 1 is 1.03 bits per heavy atom. The minimum atomic E-state index is -0.494. The summed E-state index contributed by atoms with van der Waals surface area (Å²) in [5, 5.41) is 8.27. The molecule has 2 aromatic carbocycles. The zero-order valence-electron chi connectivity index (χ0n) is 15.7. The Morgan fingerprint density at radius 3 is 2.57 bits per heavy atom. The van der Waals surface area contributed by atoms with E-state index in [4.69, 9.17) is 25.4 Å². The second-order valence-electron chi connectivity index (χ2n) is 6.11. The third kappa shape index (κ3) is 4.87. The van der Waals surface area contributed by atoms with Gasteiger partial charge < -0.3 is 13.8 Å². The van der Waals surface area contributed by atoms with Crippen LogP contribution in [0.3, 0.4) is 0 Å². The molecule has 0 fully saturated rings. The zero-order chi connectivity index (χ0) is 20.9. The fraction of sp³-hybridized carbons (Fsp3) is 0.150. The topological polar surface area (TPSA) is 104 Å². The number of hydrogen-bond acceptors (Lipinski definition) is 9. The molecule has 0 N–H and O–H groups in total. The van der Waals surface area contributed by atoms with Crippen molar-refractivity contribution in [2.24, 2.45) is 0 Å². The number of hydrogen-bond donors (Lipinski definition) is 0. The van der Waals surface area contributed by atoms with Gasteiger partial charge in [0.1, 0.15) is 0 Å². The first-order chi connectivity index (χ1) is 14.6. The Morgan fingerprint density at radius 2 is 1.80 bits per heavy atom. The Hall–Kier alpha value is -3.17. The van der Waals surface area contributed by atoms with Crippen LogP contribution in [0, 0.1) is 6.92 Å². The molecule has 0 aliphatic carbocycles. The molecular weight excluding hydrogens is 428 g/mol. The molecule has 0 saturated carbocycles. The van der Waals surface area contributed by atoms with Gasteiger partial charge in [-0.15, -0.1) is 11.8 Å². The van der Waals surface area contributed by atoms with Gasteiger partial charge in [-0.2, -0.15) is 9.97 Å². The van der Waals surface area contributed by atoms with Gasteiger partial charge in [-0.05, 0) is 43.3 Å². The highest BCUT2D eigenvalue weighted by Gasteiger charge is 2.16. The molecule has 0 bridgehead atoms. The van der Waals surface area contributed by atoms with Gasteiger partial charge in [-0.1, -0.05) is 34.0 Å². The largest absolute Gasteiger partial charge is 0.452 e. The number of carbonyl (C=O) groups is 1. The van der Waals surface area contributed by atoms with E-state index in [-0.39, 0.29) is 12.5 Å². The van der Waals surface area contributed by atoms with Crippen molar-refractivity contribution in [2.45, 2.75) is 24.2 Å². The first-order valence-corrected chi connectivity index (χ1v) is 10.2. The van der Waals surface area contributed by atoms with E-state index in [0.717, 1.165) is 10.5 Å². The predicted molar refractivity (Wildman–Crippen MR) is 109 cm³/mol. The number of esters is 1. The Kier molecular flexibility index (Phi) is 6.10. The molecule has 152 valence electrons. The van der Waals surface area contributed by atoms with Gasteiger partial charge in [0.05, 0.1) is 11.3 Å². The van der Waals surface area contributed by atoms with E-state index in [9.17, 15) is 4.79 Å². The number of nitrogens with zero attached hydrogens (tertiary/aromatic N) is 4. The van der Waals surface area contributed by atoms with Crippen LogP contribution in [0.25, 0.3) is 11.4 Å². The lowest BCUT2D eigenvalue weighted by atomic mass is 10.2. The molecule has 0 spiro atoms. The van der Waals surface area contributed by atoms with Crippen molar-refractivity contribution in [1.82, 2.24) is 20.3 Å². The van der Waals surface area contributed by atoms with E-state index in [1.54, 1.807) is 43.3 Å². The maximum absolute atomic E-state index is 12.6. The molecule has 0 atom stereocenters. The number of rotatable bonds is 7. The average Bonchev–Trinajstić information content (AvgIpc) is 3.40. The van der Waals surface area contributed by atoms with Gasteiger partial charge in [0.15, 0.2) is 12.4 Å². The van der Waals surface area contributed by atoms with Crippen molar-refractivity contribution >= 4 is 29.3 Å². The summed E-state index contributed by atoms with van der Waals surface area (Å²) in [7, 11) is 0.